The molecular formula is C55H81F3N6O5Si2. The number of carbonyl (C=O) groups is 1. The number of amides is 1. The molecule has 390 valence electrons. The van der Waals surface area contributed by atoms with E-state index in [-0.39, 0.29) is 106 Å². The molecule has 0 spiro atoms. The van der Waals surface area contributed by atoms with Crippen molar-refractivity contribution < 1.29 is 37.0 Å². The molecule has 1 unspecified atom stereocenters. The molecule has 0 radical (unpaired) electrons. The minimum atomic E-state index is -2.59. The van der Waals surface area contributed by atoms with E-state index in [9.17, 15) is 14.3 Å². The third-order valence-electron chi connectivity index (χ3n) is 15.0. The third kappa shape index (κ3) is 12.0. The Morgan fingerprint density at radius 3 is 2.20 bits per heavy atom. The van der Waals surface area contributed by atoms with E-state index in [2.05, 4.69) is 99.9 Å². The molecule has 2 fully saturated rings. The number of nitrogens with one attached hydrogen (secondary N) is 1. The SMILES string of the molecule is CC(C)[Si](C#Cc1c(F)ccc2cc(O[Si](C(C)C)(C(C)C)C(C)C)cc(-c3ncc4c(N5CCCC(O)CN5C(=O)OC(C)(C)C)nc(OC[C@@H]5CCCNC[C@H](F)C5)nc4c3F)c12)(C(C)C)C(C)C. The number of nitrogens with zero attached hydrogens (tertiary/aromatic N) is 5. The second-order valence-corrected chi connectivity index (χ2v) is 33.9. The first-order chi connectivity index (χ1) is 33.3. The minimum absolute atomic E-state index is 0.0753. The summed E-state index contributed by atoms with van der Waals surface area (Å²) >= 11 is 0. The molecule has 16 heteroatoms. The van der Waals surface area contributed by atoms with Gasteiger partial charge in [0, 0.05) is 30.2 Å². The van der Waals surface area contributed by atoms with Crippen molar-refractivity contribution in [2.45, 2.75) is 187 Å². The predicted molar refractivity (Wildman–Crippen MR) is 286 cm³/mol. The number of aromatic nitrogens is 3. The number of halogens is 3. The number of fused-ring (bicyclic) bond motifs is 2. The third-order valence-corrected chi connectivity index (χ3v) is 27.3. The van der Waals surface area contributed by atoms with E-state index < -0.39 is 52.0 Å². The summed E-state index contributed by atoms with van der Waals surface area (Å²) in [6, 6.07) is 6.67. The van der Waals surface area contributed by atoms with Gasteiger partial charge in [-0.25, -0.2) is 23.0 Å². The fourth-order valence-electron chi connectivity index (χ4n) is 11.8. The molecule has 2 N–H and O–H groups in total. The van der Waals surface area contributed by atoms with E-state index in [1.165, 1.54) is 17.3 Å². The number of hydrazine groups is 1. The topological polar surface area (TPSA) is 122 Å². The summed E-state index contributed by atoms with van der Waals surface area (Å²) in [7, 11) is -4.98. The van der Waals surface area contributed by atoms with Crippen LogP contribution in [-0.2, 0) is 4.74 Å². The molecule has 1 amide bonds. The number of ether oxygens (including phenoxy) is 2. The number of carbonyl (C=O) groups excluding carboxylic acids is 1. The van der Waals surface area contributed by atoms with E-state index in [0.717, 1.165) is 6.42 Å². The molecule has 0 bridgehead atoms. The zero-order valence-corrected chi connectivity index (χ0v) is 47.1. The van der Waals surface area contributed by atoms with Gasteiger partial charge in [0.25, 0.3) is 8.32 Å². The van der Waals surface area contributed by atoms with Crippen LogP contribution in [0.3, 0.4) is 0 Å². The lowest BCUT2D eigenvalue weighted by molar-refractivity contribution is 0.0144. The van der Waals surface area contributed by atoms with Gasteiger partial charge in [-0.1, -0.05) is 95.1 Å². The van der Waals surface area contributed by atoms with Gasteiger partial charge in [0.2, 0.25) is 0 Å². The molecule has 3 atom stereocenters. The van der Waals surface area contributed by atoms with Gasteiger partial charge in [0.15, 0.2) is 11.6 Å². The van der Waals surface area contributed by atoms with Gasteiger partial charge in [0.1, 0.15) is 42.6 Å². The molecule has 6 rings (SSSR count). The second kappa shape index (κ2) is 22.8. The molecule has 2 aromatic carbocycles. The van der Waals surface area contributed by atoms with Gasteiger partial charge in [-0.2, -0.15) is 9.97 Å². The first-order valence-corrected chi connectivity index (χ1v) is 30.5. The van der Waals surface area contributed by atoms with Crippen LogP contribution in [0.4, 0.5) is 23.8 Å². The molecule has 71 heavy (non-hydrogen) atoms. The average Bonchev–Trinajstić information content (AvgIpc) is 3.46. The van der Waals surface area contributed by atoms with Crippen molar-refractivity contribution in [2.24, 2.45) is 5.92 Å². The molecule has 2 aromatic heterocycles. The largest absolute Gasteiger partial charge is 0.543 e. The van der Waals surface area contributed by atoms with E-state index in [1.54, 1.807) is 37.9 Å². The highest BCUT2D eigenvalue weighted by atomic mass is 28.4. The first kappa shape index (κ1) is 55.9. The summed E-state index contributed by atoms with van der Waals surface area (Å²) in [5.74, 6) is 2.53. The number of alkyl halides is 1. The lowest BCUT2D eigenvalue weighted by atomic mass is 9.95. The number of rotatable bonds is 13. The van der Waals surface area contributed by atoms with E-state index in [4.69, 9.17) is 28.9 Å². The standard InChI is InChI=1S/C55H81F3N6O5Si2/c1-33(2)70(34(3)4,35(5)6)25-22-44-47(57)21-20-40-27-43(69-71(36(7)8,37(9)10)38(11)12)28-45(48(40)44)50-49(58)51-46(30-60-50)52(62-53(61-51)67-32-39-18-16-23-59-29-41(56)26-39)63-24-17-19-42(65)31-64(63)54(66)68-55(13,14)15/h20-21,27-28,30,33-39,41-42,59,65H,16-19,23-24,26,29,31-32H2,1-15H3/t39-,41-,42?/m1/s1. The Kier molecular flexibility index (Phi) is 17.9. The van der Waals surface area contributed by atoms with E-state index in [1.807, 2.05) is 6.07 Å². The van der Waals surface area contributed by atoms with Crippen molar-refractivity contribution >= 4 is 50.0 Å². The lowest BCUT2D eigenvalue weighted by Crippen LogP contribution is -2.50. The second-order valence-electron chi connectivity index (χ2n) is 22.9. The first-order valence-electron chi connectivity index (χ1n) is 26.1. The number of anilines is 1. The minimum Gasteiger partial charge on any atom is -0.543 e. The molecule has 4 heterocycles. The number of aliphatic hydroxyl groups is 1. The fourth-order valence-corrected chi connectivity index (χ4v) is 22.2. The van der Waals surface area contributed by atoms with Gasteiger partial charge in [-0.15, -0.1) is 5.54 Å². The van der Waals surface area contributed by atoms with Crippen molar-refractivity contribution in [1.82, 2.24) is 25.3 Å². The molecular weight excluding hydrogens is 938 g/mol. The zero-order valence-electron chi connectivity index (χ0n) is 45.1. The fraction of sp³-hybridized carbons (Fsp3) is 0.636. The molecule has 2 aliphatic rings. The molecule has 11 nitrogen and oxygen atoms in total. The van der Waals surface area contributed by atoms with Gasteiger partial charge in [0.05, 0.1) is 30.2 Å². The van der Waals surface area contributed by atoms with Crippen LogP contribution < -0.4 is 19.5 Å². The van der Waals surface area contributed by atoms with E-state index in [0.29, 0.717) is 47.9 Å². The molecule has 2 saturated heterocycles. The van der Waals surface area contributed by atoms with Gasteiger partial charge in [-0.3, -0.25) is 9.99 Å². The Balaban J connectivity index is 1.67. The van der Waals surface area contributed by atoms with Crippen LogP contribution >= 0.6 is 0 Å². The highest BCUT2D eigenvalue weighted by Gasteiger charge is 2.47. The summed E-state index contributed by atoms with van der Waals surface area (Å²) in [6.07, 6.45) is 1.44. The van der Waals surface area contributed by atoms with Gasteiger partial charge in [-0.05, 0) is 122 Å². The number of hydrogen-bond donors (Lipinski definition) is 2. The van der Waals surface area contributed by atoms with Crippen LogP contribution in [0.1, 0.15) is 142 Å². The van der Waals surface area contributed by atoms with Crippen LogP contribution in [0.15, 0.2) is 30.5 Å². The Bertz CT molecular complexity index is 2530. The van der Waals surface area contributed by atoms with Crippen LogP contribution in [0.5, 0.6) is 11.8 Å². The maximum absolute atomic E-state index is 18.4. The van der Waals surface area contributed by atoms with Crippen molar-refractivity contribution in [3.8, 4) is 34.5 Å². The highest BCUT2D eigenvalue weighted by Crippen LogP contribution is 2.46. The molecule has 2 aliphatic heterocycles. The van der Waals surface area contributed by atoms with Crippen molar-refractivity contribution in [3.05, 3.63) is 47.7 Å². The van der Waals surface area contributed by atoms with Crippen LogP contribution in [0.2, 0.25) is 33.2 Å². The van der Waals surface area contributed by atoms with Crippen LogP contribution in [-0.4, -0.2) is 98.2 Å². The Morgan fingerprint density at radius 2 is 1.58 bits per heavy atom. The maximum Gasteiger partial charge on any atom is 0.429 e. The van der Waals surface area contributed by atoms with Crippen LogP contribution in [0, 0.1) is 29.0 Å². The van der Waals surface area contributed by atoms with Crippen molar-refractivity contribution in [2.75, 3.05) is 37.8 Å². The molecule has 0 aliphatic carbocycles. The summed E-state index contributed by atoms with van der Waals surface area (Å²) in [6.45, 7) is 32.8. The highest BCUT2D eigenvalue weighted by molar-refractivity contribution is 6.90. The smallest absolute Gasteiger partial charge is 0.429 e. The van der Waals surface area contributed by atoms with Crippen molar-refractivity contribution in [3.63, 3.8) is 0 Å². The predicted octanol–water partition coefficient (Wildman–Crippen LogP) is 13.5. The van der Waals surface area contributed by atoms with E-state index >= 15 is 8.78 Å². The lowest BCUT2D eigenvalue weighted by Gasteiger charge is -2.42. The van der Waals surface area contributed by atoms with Gasteiger partial charge >= 0.3 is 12.1 Å². The number of benzene rings is 2. The Morgan fingerprint density at radius 1 is 0.915 bits per heavy atom. The number of β-amino-alcohol motifs (C(OH)–C–C–N with tert-alkyl or cyclic N) is 1. The van der Waals surface area contributed by atoms with Crippen molar-refractivity contribution in [1.29, 1.82) is 0 Å². The normalized spacial score (nSPS) is 18.9. The monoisotopic (exact) mass is 1020 g/mol. The summed E-state index contributed by atoms with van der Waals surface area (Å²) < 4.78 is 69.6. The summed E-state index contributed by atoms with van der Waals surface area (Å²) in [4.78, 5) is 28.5. The summed E-state index contributed by atoms with van der Waals surface area (Å²) in [5, 5.41) is 18.2. The number of pyridine rings is 1. The Hall–Kier alpha value is -4.44. The molecule has 0 saturated carbocycles. The zero-order chi connectivity index (χ0) is 52.3. The maximum atomic E-state index is 18.4. The number of aliphatic hydroxyl groups excluding tert-OH is 1. The average molecular weight is 1020 g/mol. The number of hydrogen-bond acceptors (Lipinski definition) is 10. The van der Waals surface area contributed by atoms with Crippen LogP contribution in [0.25, 0.3) is 32.9 Å². The molecule has 4 aromatic rings. The summed E-state index contributed by atoms with van der Waals surface area (Å²) in [5.41, 5.74) is 4.53. The quantitative estimate of drug-likeness (QED) is 0.0989. The Labute approximate surface area is 423 Å². The van der Waals surface area contributed by atoms with Gasteiger partial charge < -0.3 is 24.3 Å².